The van der Waals surface area contributed by atoms with Crippen LogP contribution in [0.15, 0.2) is 0 Å². The molecule has 0 fully saturated rings. The van der Waals surface area contributed by atoms with E-state index in [-0.39, 0.29) is 6.15 Å². The largest absolute Gasteiger partial charge is 0.634 e. The van der Waals surface area contributed by atoms with Crippen molar-refractivity contribution in [1.29, 1.82) is 0 Å². The van der Waals surface area contributed by atoms with Crippen molar-refractivity contribution >= 4 is 7.32 Å². The van der Waals surface area contributed by atoms with Crippen molar-refractivity contribution in [3.63, 3.8) is 0 Å². The first-order valence-electron chi connectivity index (χ1n) is 2.46. The van der Waals surface area contributed by atoms with Gasteiger partial charge in [-0.2, -0.15) is 0 Å². The van der Waals surface area contributed by atoms with Crippen LogP contribution in [0, 0.1) is 0 Å². The van der Waals surface area contributed by atoms with Gasteiger partial charge in [-0.1, -0.05) is 0 Å². The normalized spacial score (nSPS) is 10.3. The topological polar surface area (TPSA) is 84.7 Å². The van der Waals surface area contributed by atoms with Gasteiger partial charge in [0.05, 0.1) is 0 Å². The summed E-state index contributed by atoms with van der Waals surface area (Å²) in [6, 6.07) is 0. The van der Waals surface area contributed by atoms with Gasteiger partial charge in [-0.05, 0) is 20.8 Å². The molecule has 0 saturated heterocycles. The summed E-state index contributed by atoms with van der Waals surface area (Å²) in [5.41, 5.74) is -0.478. The third-order valence-corrected chi connectivity index (χ3v) is 0.459. The molecule has 9 heavy (non-hydrogen) atoms. The summed E-state index contributed by atoms with van der Waals surface area (Å²) in [6.07, 6.45) is 0. The molecule has 0 aromatic carbocycles. The second-order valence-electron chi connectivity index (χ2n) is 2.56. The van der Waals surface area contributed by atoms with Gasteiger partial charge in [0.1, 0.15) is 0 Å². The molecule has 0 rings (SSSR count). The highest BCUT2D eigenvalue weighted by Gasteiger charge is 2.19. The van der Waals surface area contributed by atoms with Crippen molar-refractivity contribution in [2.45, 2.75) is 26.4 Å². The van der Waals surface area contributed by atoms with E-state index in [1.54, 1.807) is 20.8 Å². The summed E-state index contributed by atoms with van der Waals surface area (Å²) in [4.78, 5) is 0. The SMILES string of the molecule is CC(C)(C)OB(O)O.N. The van der Waals surface area contributed by atoms with Crippen LogP contribution in [0.2, 0.25) is 0 Å². The molecule has 5 N–H and O–H groups in total. The van der Waals surface area contributed by atoms with E-state index in [0.717, 1.165) is 0 Å². The summed E-state index contributed by atoms with van der Waals surface area (Å²) in [7, 11) is -1.66. The van der Waals surface area contributed by atoms with Gasteiger partial charge in [-0.3, -0.25) is 0 Å². The van der Waals surface area contributed by atoms with Crippen molar-refractivity contribution in [2.24, 2.45) is 0 Å². The van der Waals surface area contributed by atoms with Gasteiger partial charge >= 0.3 is 7.32 Å². The Morgan fingerprint density at radius 3 is 1.56 bits per heavy atom. The summed E-state index contributed by atoms with van der Waals surface area (Å²) in [6.45, 7) is 5.23. The first-order valence-corrected chi connectivity index (χ1v) is 2.46. The molecule has 0 atom stereocenters. The van der Waals surface area contributed by atoms with Gasteiger partial charge < -0.3 is 20.9 Å². The van der Waals surface area contributed by atoms with Crippen molar-refractivity contribution in [2.75, 3.05) is 0 Å². The molecule has 0 aliphatic carbocycles. The van der Waals surface area contributed by atoms with Crippen LogP contribution in [0.3, 0.4) is 0 Å². The van der Waals surface area contributed by atoms with E-state index in [9.17, 15) is 0 Å². The Labute approximate surface area is 55.6 Å². The highest BCUT2D eigenvalue weighted by atomic mass is 16.6. The second kappa shape index (κ2) is 3.84. The Bertz CT molecular complexity index is 70.7. The van der Waals surface area contributed by atoms with Gasteiger partial charge in [-0.25, -0.2) is 0 Å². The molecule has 0 bridgehead atoms. The van der Waals surface area contributed by atoms with Crippen LogP contribution in [0.1, 0.15) is 20.8 Å². The lowest BCUT2D eigenvalue weighted by Gasteiger charge is -2.18. The number of hydrogen-bond donors (Lipinski definition) is 3. The fourth-order valence-corrected chi connectivity index (χ4v) is 0.316. The highest BCUT2D eigenvalue weighted by molar-refractivity contribution is 6.32. The standard InChI is InChI=1S/C4H11BO3.H3N/c1-4(2,3)8-5(6)7;/h6-7H,1-3H3;1H3. The molecule has 0 aliphatic rings. The molecule has 0 heterocycles. The molecule has 0 amide bonds. The lowest BCUT2D eigenvalue weighted by molar-refractivity contribution is 0.0651. The zero-order valence-electron chi connectivity index (χ0n) is 6.09. The maximum absolute atomic E-state index is 8.22. The highest BCUT2D eigenvalue weighted by Crippen LogP contribution is 2.05. The minimum Gasteiger partial charge on any atom is -0.402 e. The van der Waals surface area contributed by atoms with Crippen LogP contribution in [0.4, 0.5) is 0 Å². The van der Waals surface area contributed by atoms with E-state index >= 15 is 0 Å². The monoisotopic (exact) mass is 135 g/mol. The summed E-state index contributed by atoms with van der Waals surface area (Å²) in [5.74, 6) is 0. The van der Waals surface area contributed by atoms with Gasteiger partial charge in [0, 0.05) is 5.60 Å². The summed E-state index contributed by atoms with van der Waals surface area (Å²) in [5, 5.41) is 16.4. The molecule has 0 aromatic rings. The second-order valence-corrected chi connectivity index (χ2v) is 2.56. The van der Waals surface area contributed by atoms with E-state index in [4.69, 9.17) is 10.0 Å². The number of hydrogen-bond acceptors (Lipinski definition) is 4. The fourth-order valence-electron chi connectivity index (χ4n) is 0.316. The lowest BCUT2D eigenvalue weighted by Crippen LogP contribution is -2.30. The first kappa shape index (κ1) is 11.7. The van der Waals surface area contributed by atoms with Crippen LogP contribution in [0.25, 0.3) is 0 Å². The molecule has 0 aromatic heterocycles. The predicted molar refractivity (Wildman–Crippen MR) is 36.1 cm³/mol. The third-order valence-electron chi connectivity index (χ3n) is 0.459. The van der Waals surface area contributed by atoms with Crippen LogP contribution in [-0.2, 0) is 4.65 Å². The van der Waals surface area contributed by atoms with E-state index < -0.39 is 12.9 Å². The van der Waals surface area contributed by atoms with E-state index in [2.05, 4.69) is 4.65 Å². The van der Waals surface area contributed by atoms with Crippen molar-refractivity contribution < 1.29 is 14.7 Å². The molecule has 0 aliphatic heterocycles. The Balaban J connectivity index is 0. The average Bonchev–Trinajstić information content (AvgIpc) is 1.21. The van der Waals surface area contributed by atoms with Crippen LogP contribution in [0.5, 0.6) is 0 Å². The Morgan fingerprint density at radius 1 is 1.22 bits per heavy atom. The minimum absolute atomic E-state index is 0. The van der Waals surface area contributed by atoms with Gasteiger partial charge in [0.15, 0.2) is 0 Å². The summed E-state index contributed by atoms with van der Waals surface area (Å²) < 4.78 is 4.55. The Morgan fingerprint density at radius 2 is 1.56 bits per heavy atom. The third kappa shape index (κ3) is 11.5. The van der Waals surface area contributed by atoms with Gasteiger partial charge in [-0.15, -0.1) is 0 Å². The van der Waals surface area contributed by atoms with E-state index in [0.29, 0.717) is 0 Å². The van der Waals surface area contributed by atoms with E-state index in [1.165, 1.54) is 0 Å². The molecule has 56 valence electrons. The Kier molecular flexibility index (Phi) is 4.98. The lowest BCUT2D eigenvalue weighted by atomic mass is 10.1. The van der Waals surface area contributed by atoms with Crippen molar-refractivity contribution in [3.05, 3.63) is 0 Å². The summed E-state index contributed by atoms with van der Waals surface area (Å²) >= 11 is 0. The smallest absolute Gasteiger partial charge is 0.402 e. The maximum Gasteiger partial charge on any atom is 0.634 e. The van der Waals surface area contributed by atoms with E-state index in [1.807, 2.05) is 0 Å². The molecule has 0 spiro atoms. The molecule has 4 nitrogen and oxygen atoms in total. The predicted octanol–water partition coefficient (Wildman–Crippen LogP) is -0.0670. The average molecular weight is 135 g/mol. The van der Waals surface area contributed by atoms with Crippen molar-refractivity contribution in [1.82, 2.24) is 6.15 Å². The van der Waals surface area contributed by atoms with Gasteiger partial charge in [0.2, 0.25) is 0 Å². The maximum atomic E-state index is 8.22. The molecule has 5 heteroatoms. The zero-order valence-corrected chi connectivity index (χ0v) is 6.09. The Hall–Kier alpha value is -0.0951. The van der Waals surface area contributed by atoms with Crippen LogP contribution >= 0.6 is 0 Å². The fraction of sp³-hybridized carbons (Fsp3) is 1.00. The molecular formula is C4H14BNO3. The molecular weight excluding hydrogens is 121 g/mol. The van der Waals surface area contributed by atoms with Gasteiger partial charge in [0.25, 0.3) is 0 Å². The number of rotatable bonds is 1. The molecule has 0 unspecified atom stereocenters. The van der Waals surface area contributed by atoms with Crippen molar-refractivity contribution in [3.8, 4) is 0 Å². The minimum atomic E-state index is -1.66. The van der Waals surface area contributed by atoms with Crippen LogP contribution in [-0.4, -0.2) is 23.0 Å². The molecule has 0 radical (unpaired) electrons. The zero-order chi connectivity index (χ0) is 6.78. The first-order chi connectivity index (χ1) is 3.42. The van der Waals surface area contributed by atoms with Crippen LogP contribution < -0.4 is 6.15 Å². The molecule has 0 saturated carbocycles. The quantitative estimate of drug-likeness (QED) is 0.439.